The molecule has 0 spiro atoms. The van der Waals surface area contributed by atoms with Gasteiger partial charge >= 0.3 is 0 Å². The van der Waals surface area contributed by atoms with Crippen molar-refractivity contribution in [1.29, 1.82) is 0 Å². The minimum absolute atomic E-state index is 0.651. The van der Waals surface area contributed by atoms with Crippen LogP contribution in [0.15, 0.2) is 29.4 Å². The fourth-order valence-electron chi connectivity index (χ4n) is 2.82. The molecule has 2 aromatic rings. The third-order valence-corrected chi connectivity index (χ3v) is 5.51. The van der Waals surface area contributed by atoms with Gasteiger partial charge in [0, 0.05) is 17.3 Å². The van der Waals surface area contributed by atoms with Crippen LogP contribution in [-0.4, -0.2) is 53.4 Å². The number of benzene rings is 1. The molecule has 1 aromatic carbocycles. The number of nitrogens with one attached hydrogen (secondary N) is 2. The van der Waals surface area contributed by atoms with Gasteiger partial charge in [0.1, 0.15) is 13.1 Å². The Hall–Kier alpha value is -1.28. The van der Waals surface area contributed by atoms with E-state index in [-0.39, 0.29) is 0 Å². The third-order valence-electron chi connectivity index (χ3n) is 4.29. The normalized spacial score (nSPS) is 15.4. The van der Waals surface area contributed by atoms with Crippen molar-refractivity contribution in [2.75, 3.05) is 43.9 Å². The molecule has 25 heavy (non-hydrogen) atoms. The van der Waals surface area contributed by atoms with Crippen LogP contribution in [0.25, 0.3) is 0 Å². The van der Waals surface area contributed by atoms with Gasteiger partial charge < -0.3 is 19.5 Å². The largest absolute Gasteiger partial charge is 0.378 e. The summed E-state index contributed by atoms with van der Waals surface area (Å²) in [5.74, 6) is 2.01. The van der Waals surface area contributed by atoms with E-state index in [2.05, 4.69) is 27.0 Å². The van der Waals surface area contributed by atoms with E-state index in [1.165, 1.54) is 0 Å². The van der Waals surface area contributed by atoms with Crippen LogP contribution < -0.4 is 10.2 Å². The van der Waals surface area contributed by atoms with E-state index >= 15 is 0 Å². The predicted molar refractivity (Wildman–Crippen MR) is 102 cm³/mol. The van der Waals surface area contributed by atoms with E-state index in [0.29, 0.717) is 6.54 Å². The molecule has 1 aromatic heterocycles. The average molecular weight is 383 g/mol. The minimum atomic E-state index is 0.651. The van der Waals surface area contributed by atoms with Gasteiger partial charge in [0.2, 0.25) is 0 Å². The Morgan fingerprint density at radius 3 is 2.72 bits per heavy atom. The monoisotopic (exact) mass is 382 g/mol. The van der Waals surface area contributed by atoms with Gasteiger partial charge in [-0.3, -0.25) is 0 Å². The fourth-order valence-corrected chi connectivity index (χ4v) is 4.01. The summed E-state index contributed by atoms with van der Waals surface area (Å²) in [7, 11) is 0. The molecule has 0 amide bonds. The number of ether oxygens (including phenoxy) is 1. The van der Waals surface area contributed by atoms with E-state index in [9.17, 15) is 0 Å². The molecule has 0 radical (unpaired) electrons. The Bertz CT molecular complexity index is 658. The molecule has 2 heterocycles. The van der Waals surface area contributed by atoms with Crippen LogP contribution in [0, 0.1) is 0 Å². The summed E-state index contributed by atoms with van der Waals surface area (Å²) in [5, 5.41) is 13.9. The molecule has 1 fully saturated rings. The van der Waals surface area contributed by atoms with Crippen LogP contribution >= 0.6 is 23.4 Å². The predicted octanol–water partition coefficient (Wildman–Crippen LogP) is 1.57. The summed E-state index contributed by atoms with van der Waals surface area (Å²) in [6.45, 7) is 8.77. The number of anilines is 1. The highest BCUT2D eigenvalue weighted by molar-refractivity contribution is 7.99. The van der Waals surface area contributed by atoms with Crippen molar-refractivity contribution in [1.82, 2.24) is 14.8 Å². The Labute approximate surface area is 157 Å². The summed E-state index contributed by atoms with van der Waals surface area (Å²) in [4.78, 5) is 1.62. The Kier molecular flexibility index (Phi) is 6.98. The van der Waals surface area contributed by atoms with E-state index in [0.717, 1.165) is 66.8 Å². The van der Waals surface area contributed by atoms with Crippen LogP contribution in [0.5, 0.6) is 0 Å². The molecule has 136 valence electrons. The van der Waals surface area contributed by atoms with Gasteiger partial charge in [-0.2, -0.15) is 0 Å². The molecular formula is C17H25ClN5OS+. The Morgan fingerprint density at radius 2 is 2.00 bits per heavy atom. The standard InChI is InChI=1S/C17H24ClN5OS/c1-2-23-16(13-19-15-5-3-14(18)4-6-15)20-21-17(23)25-12-9-22-7-10-24-11-8-22/h3-6,19H,2,7-13H2,1H3/p+1. The average Bonchev–Trinajstić information content (AvgIpc) is 3.04. The van der Waals surface area contributed by atoms with Crippen molar-refractivity contribution >= 4 is 29.1 Å². The second kappa shape index (κ2) is 9.43. The zero-order chi connectivity index (χ0) is 17.5. The maximum absolute atomic E-state index is 5.92. The van der Waals surface area contributed by atoms with Gasteiger partial charge in [-0.1, -0.05) is 23.4 Å². The van der Waals surface area contributed by atoms with E-state index in [4.69, 9.17) is 16.3 Å². The van der Waals surface area contributed by atoms with Crippen molar-refractivity contribution < 1.29 is 9.64 Å². The van der Waals surface area contributed by atoms with Crippen molar-refractivity contribution in [3.63, 3.8) is 0 Å². The summed E-state index contributed by atoms with van der Waals surface area (Å²) in [5.41, 5.74) is 1.03. The first-order valence-corrected chi connectivity index (χ1v) is 10.1. The number of aromatic nitrogens is 3. The quantitative estimate of drug-likeness (QED) is 0.679. The van der Waals surface area contributed by atoms with Crippen LogP contribution in [0.1, 0.15) is 12.7 Å². The van der Waals surface area contributed by atoms with Gasteiger partial charge in [-0.05, 0) is 31.2 Å². The molecule has 2 N–H and O–H groups in total. The highest BCUT2D eigenvalue weighted by Gasteiger charge is 2.15. The summed E-state index contributed by atoms with van der Waals surface area (Å²) in [6.07, 6.45) is 0. The molecule has 6 nitrogen and oxygen atoms in total. The molecule has 0 bridgehead atoms. The van der Waals surface area contributed by atoms with Crippen molar-refractivity contribution in [2.24, 2.45) is 0 Å². The molecule has 8 heteroatoms. The number of hydrogen-bond donors (Lipinski definition) is 2. The lowest BCUT2D eigenvalue weighted by molar-refractivity contribution is -0.905. The second-order valence-corrected chi connectivity index (χ2v) is 7.46. The van der Waals surface area contributed by atoms with Crippen molar-refractivity contribution in [3.8, 4) is 0 Å². The lowest BCUT2D eigenvalue weighted by Gasteiger charge is -2.23. The SMILES string of the molecule is CCn1c(CNc2ccc(Cl)cc2)nnc1SCC[NH+]1CCOCC1. The van der Waals surface area contributed by atoms with Crippen molar-refractivity contribution in [2.45, 2.75) is 25.2 Å². The van der Waals surface area contributed by atoms with E-state index < -0.39 is 0 Å². The Balaban J connectivity index is 1.52. The van der Waals surface area contributed by atoms with Gasteiger partial charge in [0.25, 0.3) is 0 Å². The number of hydrogen-bond acceptors (Lipinski definition) is 5. The molecule has 0 saturated carbocycles. The lowest BCUT2D eigenvalue weighted by atomic mass is 10.3. The van der Waals surface area contributed by atoms with Gasteiger partial charge in [0.05, 0.1) is 32.1 Å². The maximum Gasteiger partial charge on any atom is 0.191 e. The second-order valence-electron chi connectivity index (χ2n) is 5.96. The number of rotatable bonds is 8. The number of nitrogens with zero attached hydrogens (tertiary/aromatic N) is 3. The molecule has 1 aliphatic heterocycles. The van der Waals surface area contributed by atoms with Gasteiger partial charge in [0.15, 0.2) is 11.0 Å². The summed E-state index contributed by atoms with van der Waals surface area (Å²) in [6, 6.07) is 7.69. The van der Waals surface area contributed by atoms with E-state index in [1.54, 1.807) is 16.7 Å². The Morgan fingerprint density at radius 1 is 1.24 bits per heavy atom. The fraction of sp³-hybridized carbons (Fsp3) is 0.529. The van der Waals surface area contributed by atoms with Gasteiger partial charge in [-0.25, -0.2) is 0 Å². The molecule has 1 saturated heterocycles. The zero-order valence-electron chi connectivity index (χ0n) is 14.5. The third kappa shape index (κ3) is 5.34. The molecule has 0 unspecified atom stereocenters. The zero-order valence-corrected chi connectivity index (χ0v) is 16.1. The number of quaternary nitrogens is 1. The van der Waals surface area contributed by atoms with Crippen molar-refractivity contribution in [3.05, 3.63) is 35.1 Å². The number of thioether (sulfide) groups is 1. The van der Waals surface area contributed by atoms with Crippen LogP contribution in [0.4, 0.5) is 5.69 Å². The number of halogens is 1. The summed E-state index contributed by atoms with van der Waals surface area (Å²) >= 11 is 7.71. The molecule has 1 aliphatic rings. The van der Waals surface area contributed by atoms with E-state index in [1.807, 2.05) is 24.3 Å². The molecular weight excluding hydrogens is 358 g/mol. The smallest absolute Gasteiger partial charge is 0.191 e. The first kappa shape index (κ1) is 18.5. The number of morpholine rings is 1. The highest BCUT2D eigenvalue weighted by atomic mass is 35.5. The maximum atomic E-state index is 5.92. The first-order chi connectivity index (χ1) is 12.3. The molecule has 0 atom stereocenters. The lowest BCUT2D eigenvalue weighted by Crippen LogP contribution is -3.14. The first-order valence-electron chi connectivity index (χ1n) is 8.72. The highest BCUT2D eigenvalue weighted by Crippen LogP contribution is 2.18. The summed E-state index contributed by atoms with van der Waals surface area (Å²) < 4.78 is 7.59. The topological polar surface area (TPSA) is 56.4 Å². The molecule has 0 aliphatic carbocycles. The minimum Gasteiger partial charge on any atom is -0.378 e. The van der Waals surface area contributed by atoms with Crippen LogP contribution in [-0.2, 0) is 17.8 Å². The van der Waals surface area contributed by atoms with Crippen LogP contribution in [0.3, 0.4) is 0 Å². The van der Waals surface area contributed by atoms with Crippen LogP contribution in [0.2, 0.25) is 5.02 Å². The molecule has 3 rings (SSSR count). The van der Waals surface area contributed by atoms with Gasteiger partial charge in [-0.15, -0.1) is 10.2 Å².